The molecule has 55 heavy (non-hydrogen) atoms. The van der Waals surface area contributed by atoms with Gasteiger partial charge in [-0.2, -0.15) is 28.1 Å². The molecule has 11 nitrogen and oxygen atoms in total. The van der Waals surface area contributed by atoms with E-state index in [1.165, 1.54) is 20.8 Å². The second-order valence-corrected chi connectivity index (χ2v) is 18.2. The van der Waals surface area contributed by atoms with Gasteiger partial charge in [-0.3, -0.25) is 19.1 Å². The molecule has 16 heteroatoms. The van der Waals surface area contributed by atoms with Crippen LogP contribution in [0.1, 0.15) is 106 Å². The standard InChI is InChI=1S/C39H45ClF3N5O6S/c1-5-27-22-37(27,33(51)48-55(52,53)36(2,3)4)23-30(49)9-7-6-8-10-31(50)26-13-11-25(12-14-26)21-32-44-34(46-35(45-32)54-24-39(41,42)43)47-38(19-20-38)28-15-17-29(40)18-16-28/h5,11-18,27H,1,6-10,19-24H2,2-4H3,(H,48,51)(H,44,45,46,47)/t27-,37-/m1/s1. The Balaban J connectivity index is 1.12. The summed E-state index contributed by atoms with van der Waals surface area (Å²) >= 11 is 6.04. The third kappa shape index (κ3) is 10.9. The molecule has 2 saturated carbocycles. The Hall–Kier alpha value is -4.37. The van der Waals surface area contributed by atoms with E-state index in [2.05, 4.69) is 31.6 Å². The van der Waals surface area contributed by atoms with E-state index in [9.17, 15) is 36.0 Å². The number of ketones is 2. The largest absolute Gasteiger partial charge is 0.454 e. The molecule has 296 valence electrons. The maximum absolute atomic E-state index is 13.0. The molecule has 0 spiro atoms. The van der Waals surface area contributed by atoms with Crippen LogP contribution < -0.4 is 14.8 Å². The number of amides is 1. The van der Waals surface area contributed by atoms with E-state index in [4.69, 9.17) is 16.3 Å². The first kappa shape index (κ1) is 41.8. The van der Waals surface area contributed by atoms with Crippen molar-refractivity contribution in [3.8, 4) is 6.01 Å². The molecular weight excluding hydrogens is 759 g/mol. The van der Waals surface area contributed by atoms with E-state index in [0.29, 0.717) is 41.8 Å². The zero-order valence-corrected chi connectivity index (χ0v) is 32.5. The molecule has 5 rings (SSSR count). The number of benzene rings is 2. The van der Waals surface area contributed by atoms with Crippen LogP contribution in [0.5, 0.6) is 6.01 Å². The number of hydrogen-bond donors (Lipinski definition) is 2. The van der Waals surface area contributed by atoms with Crippen LogP contribution in [0.3, 0.4) is 0 Å². The van der Waals surface area contributed by atoms with E-state index in [1.807, 2.05) is 12.1 Å². The average Bonchev–Trinajstić information content (AvgIpc) is 4.03. The summed E-state index contributed by atoms with van der Waals surface area (Å²) in [5.41, 5.74) is 0.529. The topological polar surface area (TPSA) is 157 Å². The number of nitrogens with one attached hydrogen (secondary N) is 2. The van der Waals surface area contributed by atoms with Crippen LogP contribution in [0.25, 0.3) is 0 Å². The first-order valence-electron chi connectivity index (χ1n) is 18.1. The third-order valence-electron chi connectivity index (χ3n) is 9.94. The third-order valence-corrected chi connectivity index (χ3v) is 12.3. The highest BCUT2D eigenvalue weighted by molar-refractivity contribution is 7.91. The minimum atomic E-state index is -4.59. The summed E-state index contributed by atoms with van der Waals surface area (Å²) in [6.07, 6.45) is 1.04. The Bertz CT molecular complexity index is 2020. The Morgan fingerprint density at radius 1 is 0.964 bits per heavy atom. The van der Waals surface area contributed by atoms with Gasteiger partial charge in [-0.25, -0.2) is 8.42 Å². The number of carbonyl (C=O) groups excluding carboxylic acids is 3. The highest BCUT2D eigenvalue weighted by atomic mass is 35.5. The first-order valence-corrected chi connectivity index (χ1v) is 19.9. The molecule has 2 aliphatic carbocycles. The number of anilines is 1. The maximum Gasteiger partial charge on any atom is 0.422 e. The molecule has 0 unspecified atom stereocenters. The van der Waals surface area contributed by atoms with Gasteiger partial charge in [-0.15, -0.1) is 6.58 Å². The van der Waals surface area contributed by atoms with Gasteiger partial charge in [0, 0.05) is 36.3 Å². The number of sulfonamides is 1. The van der Waals surface area contributed by atoms with Crippen LogP contribution in [0.4, 0.5) is 19.1 Å². The highest BCUT2D eigenvalue weighted by Crippen LogP contribution is 2.56. The highest BCUT2D eigenvalue weighted by Gasteiger charge is 2.60. The molecule has 1 aromatic heterocycles. The minimum absolute atomic E-state index is 0.0745. The average molecular weight is 804 g/mol. The zero-order valence-electron chi connectivity index (χ0n) is 31.0. The zero-order chi connectivity index (χ0) is 40.2. The summed E-state index contributed by atoms with van der Waals surface area (Å²) in [5, 5.41) is 3.83. The second kappa shape index (κ2) is 16.4. The summed E-state index contributed by atoms with van der Waals surface area (Å²) in [7, 11) is -3.93. The maximum atomic E-state index is 13.0. The first-order chi connectivity index (χ1) is 25.7. The smallest absolute Gasteiger partial charge is 0.422 e. The van der Waals surface area contributed by atoms with Crippen molar-refractivity contribution in [2.24, 2.45) is 11.3 Å². The molecule has 2 aliphatic rings. The van der Waals surface area contributed by atoms with Crippen LogP contribution >= 0.6 is 11.6 Å². The van der Waals surface area contributed by atoms with E-state index >= 15 is 0 Å². The number of Topliss-reactive ketones (excluding diaryl/α,β-unsaturated/α-hetero) is 2. The van der Waals surface area contributed by atoms with Crippen molar-refractivity contribution < 1.29 is 40.7 Å². The summed E-state index contributed by atoms with van der Waals surface area (Å²) in [6, 6.07) is 13.6. The molecular formula is C39H45ClF3N5O6S. The Morgan fingerprint density at radius 3 is 2.20 bits per heavy atom. The Morgan fingerprint density at radius 2 is 1.62 bits per heavy atom. The lowest BCUT2D eigenvalue weighted by atomic mass is 9.93. The van der Waals surface area contributed by atoms with Gasteiger partial charge in [-0.1, -0.05) is 60.5 Å². The molecule has 1 amide bonds. The summed E-state index contributed by atoms with van der Waals surface area (Å²) < 4.78 is 69.8. The summed E-state index contributed by atoms with van der Waals surface area (Å²) in [4.78, 5) is 51.5. The van der Waals surface area contributed by atoms with E-state index in [-0.39, 0.29) is 54.9 Å². The molecule has 3 aromatic rings. The molecule has 0 radical (unpaired) electrons. The number of hydrogen-bond acceptors (Lipinski definition) is 10. The Kier molecular flexibility index (Phi) is 12.5. The normalized spacial score (nSPS) is 18.9. The number of unbranched alkanes of at least 4 members (excludes halogenated alkanes) is 2. The van der Waals surface area contributed by atoms with Gasteiger partial charge in [0.15, 0.2) is 12.4 Å². The molecule has 2 aromatic carbocycles. The van der Waals surface area contributed by atoms with Crippen LogP contribution in [-0.2, 0) is 31.6 Å². The molecule has 0 saturated heterocycles. The number of aromatic nitrogens is 3. The molecule has 2 N–H and O–H groups in total. The lowest BCUT2D eigenvalue weighted by Gasteiger charge is -2.22. The quantitative estimate of drug-likeness (QED) is 0.0700. The molecule has 2 fully saturated rings. The number of rotatable bonds is 19. The fraction of sp³-hybridized carbons (Fsp3) is 0.487. The van der Waals surface area contributed by atoms with E-state index in [1.54, 1.807) is 42.5 Å². The van der Waals surface area contributed by atoms with Gasteiger partial charge in [0.05, 0.1) is 15.7 Å². The van der Waals surface area contributed by atoms with Crippen molar-refractivity contribution in [3.63, 3.8) is 0 Å². The number of halogens is 4. The van der Waals surface area contributed by atoms with Crippen molar-refractivity contribution in [1.82, 2.24) is 19.7 Å². The predicted molar refractivity (Wildman–Crippen MR) is 201 cm³/mol. The van der Waals surface area contributed by atoms with E-state index in [0.717, 1.165) is 18.4 Å². The van der Waals surface area contributed by atoms with Crippen molar-refractivity contribution in [1.29, 1.82) is 0 Å². The predicted octanol–water partition coefficient (Wildman–Crippen LogP) is 7.69. The van der Waals surface area contributed by atoms with Crippen LogP contribution in [0.15, 0.2) is 61.2 Å². The molecule has 2 atom stereocenters. The van der Waals surface area contributed by atoms with Gasteiger partial charge in [0.1, 0.15) is 11.6 Å². The van der Waals surface area contributed by atoms with Crippen molar-refractivity contribution in [2.75, 3.05) is 11.9 Å². The lowest BCUT2D eigenvalue weighted by Crippen LogP contribution is -2.46. The summed E-state index contributed by atoms with van der Waals surface area (Å²) in [5.74, 6) is -0.942. The van der Waals surface area contributed by atoms with Gasteiger partial charge in [0.25, 0.3) is 0 Å². The van der Waals surface area contributed by atoms with Crippen molar-refractivity contribution >= 4 is 45.0 Å². The monoisotopic (exact) mass is 803 g/mol. The van der Waals surface area contributed by atoms with Gasteiger partial charge < -0.3 is 10.1 Å². The minimum Gasteiger partial charge on any atom is -0.454 e. The van der Waals surface area contributed by atoms with E-state index < -0.39 is 50.4 Å². The van der Waals surface area contributed by atoms with Crippen LogP contribution in [0.2, 0.25) is 5.02 Å². The number of allylic oxidation sites excluding steroid dienone is 1. The van der Waals surface area contributed by atoms with Crippen molar-refractivity contribution in [2.45, 2.75) is 101 Å². The number of nitrogens with zero attached hydrogens (tertiary/aromatic N) is 3. The SMILES string of the molecule is C=C[C@@H]1C[C@]1(CC(=O)CCCCCC(=O)c1ccc(Cc2nc(NC3(c4ccc(Cl)cc4)CC3)nc(OCC(F)(F)F)n2)cc1)C(=O)NS(=O)(=O)C(C)(C)C. The second-order valence-electron chi connectivity index (χ2n) is 15.3. The molecule has 0 bridgehead atoms. The van der Waals surface area contributed by atoms with Gasteiger partial charge in [0.2, 0.25) is 21.9 Å². The summed E-state index contributed by atoms with van der Waals surface area (Å²) in [6.45, 7) is 6.62. The van der Waals surface area contributed by atoms with Crippen molar-refractivity contribution in [3.05, 3.63) is 88.7 Å². The molecule has 1 heterocycles. The van der Waals surface area contributed by atoms with Crippen LogP contribution in [0, 0.1) is 11.3 Å². The fourth-order valence-electron chi connectivity index (χ4n) is 6.26. The Labute approximate surface area is 324 Å². The fourth-order valence-corrected chi connectivity index (χ4v) is 7.14. The lowest BCUT2D eigenvalue weighted by molar-refractivity contribution is -0.154. The number of alkyl halides is 3. The number of carbonyl (C=O) groups is 3. The van der Waals surface area contributed by atoms with Crippen LogP contribution in [-0.4, -0.2) is 58.4 Å². The van der Waals surface area contributed by atoms with Gasteiger partial charge in [-0.05, 0) is 82.1 Å². The number of ether oxygens (including phenoxy) is 1. The van der Waals surface area contributed by atoms with Gasteiger partial charge >= 0.3 is 12.2 Å². The molecule has 0 aliphatic heterocycles.